The van der Waals surface area contributed by atoms with Crippen LogP contribution in [0.15, 0.2) is 75.0 Å². The summed E-state index contributed by atoms with van der Waals surface area (Å²) in [5.74, 6) is -0.576. The number of sulfonamides is 1. The summed E-state index contributed by atoms with van der Waals surface area (Å²) in [5, 5.41) is 10.8. The van der Waals surface area contributed by atoms with E-state index in [-0.39, 0.29) is 28.5 Å². The Labute approximate surface area is 230 Å². The number of rotatable bonds is 6. The number of benzene rings is 1. The molecule has 1 aromatic carbocycles. The van der Waals surface area contributed by atoms with Crippen molar-refractivity contribution in [3.05, 3.63) is 75.7 Å². The molecule has 4 aromatic heterocycles. The van der Waals surface area contributed by atoms with Crippen LogP contribution in [0.2, 0.25) is 0 Å². The molecule has 39 heavy (non-hydrogen) atoms. The summed E-state index contributed by atoms with van der Waals surface area (Å²) < 4.78 is 30.0. The van der Waals surface area contributed by atoms with Gasteiger partial charge in [-0.25, -0.2) is 32.9 Å². The Balaban J connectivity index is 1.61. The first kappa shape index (κ1) is 25.3. The monoisotopic (exact) mass is 580 g/mol. The topological polar surface area (TPSA) is 150 Å². The molecule has 11 nitrogen and oxygen atoms in total. The van der Waals surface area contributed by atoms with Crippen LogP contribution in [0.1, 0.15) is 13.1 Å². The maximum absolute atomic E-state index is 14.1. The van der Waals surface area contributed by atoms with E-state index in [1.165, 1.54) is 56.5 Å². The molecule has 1 aliphatic heterocycles. The lowest BCUT2D eigenvalue weighted by molar-refractivity contribution is -0.147. The molecule has 0 saturated carbocycles. The van der Waals surface area contributed by atoms with Crippen LogP contribution in [0.3, 0.4) is 0 Å². The third-order valence-corrected chi connectivity index (χ3v) is 8.78. The molecule has 5 heterocycles. The second-order valence-electron chi connectivity index (χ2n) is 8.45. The number of anilines is 2. The molecule has 0 bridgehead atoms. The van der Waals surface area contributed by atoms with Gasteiger partial charge in [0, 0.05) is 10.4 Å². The average molecular weight is 581 g/mol. The quantitative estimate of drug-likeness (QED) is 0.287. The van der Waals surface area contributed by atoms with Gasteiger partial charge in [-0.2, -0.15) is 10.4 Å². The molecule has 14 heteroatoms. The summed E-state index contributed by atoms with van der Waals surface area (Å²) in [6.07, 6.45) is -1.21. The standard InChI is InChI=1S/C25H20N6O5S3/c1-2-36-24(33)22-29-31(14-7-9-15(10-8-14)39(26,34)35)25-28-21-20(23(32)30(22)25)16(18-5-3-11-37-18)13-17(27-21)19-6-4-12-38-19/h3-13,22,29H,2H2,1H3,(H2,26,34,35). The van der Waals surface area contributed by atoms with Crippen LogP contribution in [0.5, 0.6) is 0 Å². The van der Waals surface area contributed by atoms with E-state index in [2.05, 4.69) is 5.43 Å². The molecule has 198 valence electrons. The number of carbonyl (C=O) groups excluding carboxylic acids is 1. The Morgan fingerprint density at radius 1 is 1.08 bits per heavy atom. The Morgan fingerprint density at radius 2 is 1.77 bits per heavy atom. The Morgan fingerprint density at radius 3 is 2.38 bits per heavy atom. The highest BCUT2D eigenvalue weighted by Crippen LogP contribution is 2.37. The number of aromatic nitrogens is 3. The predicted octanol–water partition coefficient (Wildman–Crippen LogP) is 3.61. The Bertz CT molecular complexity index is 1870. The van der Waals surface area contributed by atoms with Gasteiger partial charge < -0.3 is 4.74 Å². The number of nitrogens with two attached hydrogens (primary N) is 1. The van der Waals surface area contributed by atoms with Gasteiger partial charge in [0.05, 0.1) is 33.1 Å². The summed E-state index contributed by atoms with van der Waals surface area (Å²) in [6.45, 7) is 1.78. The number of carbonyl (C=O) groups is 1. The summed E-state index contributed by atoms with van der Waals surface area (Å²) in [5.41, 5.74) is 4.45. The van der Waals surface area contributed by atoms with Gasteiger partial charge in [-0.15, -0.1) is 22.7 Å². The van der Waals surface area contributed by atoms with E-state index in [0.717, 1.165) is 9.75 Å². The maximum Gasteiger partial charge on any atom is 0.346 e. The van der Waals surface area contributed by atoms with Crippen LogP contribution in [-0.2, 0) is 19.6 Å². The fourth-order valence-electron chi connectivity index (χ4n) is 4.34. The van der Waals surface area contributed by atoms with Crippen molar-refractivity contribution in [2.24, 2.45) is 5.14 Å². The lowest BCUT2D eigenvalue weighted by Gasteiger charge is -2.18. The number of hydrazine groups is 1. The number of thiophene rings is 2. The van der Waals surface area contributed by atoms with Crippen LogP contribution >= 0.6 is 22.7 Å². The van der Waals surface area contributed by atoms with Crippen molar-refractivity contribution in [2.75, 3.05) is 11.6 Å². The molecule has 0 saturated heterocycles. The van der Waals surface area contributed by atoms with E-state index in [4.69, 9.17) is 19.8 Å². The van der Waals surface area contributed by atoms with Crippen LogP contribution in [0.4, 0.5) is 11.6 Å². The summed E-state index contributed by atoms with van der Waals surface area (Å²) >= 11 is 2.99. The highest BCUT2D eigenvalue weighted by atomic mass is 32.2. The van der Waals surface area contributed by atoms with Crippen LogP contribution < -0.4 is 21.1 Å². The van der Waals surface area contributed by atoms with Gasteiger partial charge in [0.1, 0.15) is 0 Å². The molecule has 0 amide bonds. The van der Waals surface area contributed by atoms with Crippen molar-refractivity contribution in [1.29, 1.82) is 0 Å². The molecule has 1 atom stereocenters. The van der Waals surface area contributed by atoms with Gasteiger partial charge in [0.25, 0.3) is 5.56 Å². The molecule has 3 N–H and O–H groups in total. The van der Waals surface area contributed by atoms with Gasteiger partial charge >= 0.3 is 5.97 Å². The summed E-state index contributed by atoms with van der Waals surface area (Å²) in [6, 6.07) is 15.2. The van der Waals surface area contributed by atoms with Gasteiger partial charge in [0.2, 0.25) is 22.1 Å². The minimum Gasteiger partial charge on any atom is -0.463 e. The highest BCUT2D eigenvalue weighted by molar-refractivity contribution is 7.89. The number of ether oxygens (including phenoxy) is 1. The van der Waals surface area contributed by atoms with Crippen LogP contribution in [-0.4, -0.2) is 35.5 Å². The zero-order valence-corrected chi connectivity index (χ0v) is 22.7. The molecule has 6 rings (SSSR count). The fraction of sp³-hybridized carbons (Fsp3) is 0.120. The van der Waals surface area contributed by atoms with E-state index in [1.54, 1.807) is 6.92 Å². The first-order valence-corrected chi connectivity index (χ1v) is 15.0. The molecule has 0 fully saturated rings. The van der Waals surface area contributed by atoms with Crippen molar-refractivity contribution in [1.82, 2.24) is 20.0 Å². The predicted molar refractivity (Wildman–Crippen MR) is 149 cm³/mol. The molecular formula is C25H20N6O5S3. The van der Waals surface area contributed by atoms with Crippen molar-refractivity contribution in [2.45, 2.75) is 18.0 Å². The largest absolute Gasteiger partial charge is 0.463 e. The zero-order chi connectivity index (χ0) is 27.3. The average Bonchev–Trinajstić information content (AvgIpc) is 3.69. The van der Waals surface area contributed by atoms with Gasteiger partial charge in [-0.05, 0) is 60.1 Å². The highest BCUT2D eigenvalue weighted by Gasteiger charge is 2.38. The first-order chi connectivity index (χ1) is 18.8. The van der Waals surface area contributed by atoms with Gasteiger partial charge in [-0.1, -0.05) is 12.1 Å². The normalized spacial score (nSPS) is 15.0. The SMILES string of the molecule is CCOC(=O)C1NN(c2ccc(S(N)(=O)=O)cc2)c2nc3nc(-c4cccs4)cc(-c4cccs4)c3c(=O)n21. The smallest absolute Gasteiger partial charge is 0.346 e. The summed E-state index contributed by atoms with van der Waals surface area (Å²) in [4.78, 5) is 38.3. The van der Waals surface area contributed by atoms with Gasteiger partial charge in [0.15, 0.2) is 5.65 Å². The van der Waals surface area contributed by atoms with Crippen molar-refractivity contribution in [3.8, 4) is 21.0 Å². The Hall–Kier alpha value is -3.95. The third kappa shape index (κ3) is 4.41. The lowest BCUT2D eigenvalue weighted by atomic mass is 10.1. The zero-order valence-electron chi connectivity index (χ0n) is 20.3. The second-order valence-corrected chi connectivity index (χ2v) is 11.9. The number of nitrogens with zero attached hydrogens (tertiary/aromatic N) is 4. The van der Waals surface area contributed by atoms with Crippen LogP contribution in [0.25, 0.3) is 32.0 Å². The van der Waals surface area contributed by atoms with Crippen molar-refractivity contribution >= 4 is 61.3 Å². The number of primary sulfonamides is 1. The van der Waals surface area contributed by atoms with E-state index >= 15 is 0 Å². The number of hydrogen-bond acceptors (Lipinski definition) is 11. The number of esters is 1. The molecule has 1 unspecified atom stereocenters. The van der Waals surface area contributed by atoms with E-state index in [9.17, 15) is 18.0 Å². The van der Waals surface area contributed by atoms with Gasteiger partial charge in [-0.3, -0.25) is 4.79 Å². The third-order valence-electron chi connectivity index (χ3n) is 6.06. The number of hydrogen-bond donors (Lipinski definition) is 2. The first-order valence-electron chi connectivity index (χ1n) is 11.7. The minimum absolute atomic E-state index is 0.0842. The van der Waals surface area contributed by atoms with E-state index in [1.807, 2.05) is 41.1 Å². The lowest BCUT2D eigenvalue weighted by Crippen LogP contribution is -2.38. The second kappa shape index (κ2) is 9.66. The van der Waals surface area contributed by atoms with Crippen LogP contribution in [0, 0.1) is 0 Å². The molecule has 0 radical (unpaired) electrons. The molecule has 5 aromatic rings. The van der Waals surface area contributed by atoms with E-state index in [0.29, 0.717) is 16.9 Å². The van der Waals surface area contributed by atoms with Crippen molar-refractivity contribution in [3.63, 3.8) is 0 Å². The van der Waals surface area contributed by atoms with Crippen molar-refractivity contribution < 1.29 is 17.9 Å². The fourth-order valence-corrected chi connectivity index (χ4v) is 6.29. The minimum atomic E-state index is -3.92. The number of pyridine rings is 1. The molecule has 1 aliphatic rings. The molecule has 0 spiro atoms. The van der Waals surface area contributed by atoms with E-state index < -0.39 is 27.7 Å². The molecular weight excluding hydrogens is 561 g/mol. The maximum atomic E-state index is 14.1. The Kier molecular flexibility index (Phi) is 6.28. The number of fused-ring (bicyclic) bond motifs is 2. The number of nitrogens with one attached hydrogen (secondary N) is 1. The molecule has 0 aliphatic carbocycles. The summed E-state index contributed by atoms with van der Waals surface area (Å²) in [7, 11) is -3.92.